The standard InChI is InChI=1S/C27H30ClNO4S2/c1-29(2,13-14-32-20-10-8-19(28)9-11-20)22-17-18-7-12-21(22)25(18)33-26(30)27(31,23-5-3-15-34-23)24-6-4-16-35-24/h3-6,8-11,15-16,18,21-22,25H,7,12-14,17H2,1-2H3/t18?,21?,22-,25?/m0/s1. The summed E-state index contributed by atoms with van der Waals surface area (Å²) in [6.45, 7) is 1.43. The van der Waals surface area contributed by atoms with Gasteiger partial charge in [-0.3, -0.25) is 4.79 Å². The van der Waals surface area contributed by atoms with Crippen molar-refractivity contribution in [1.82, 2.24) is 0 Å². The third-order valence-corrected chi connectivity index (χ3v) is 9.90. The van der Waals surface area contributed by atoms with E-state index in [4.69, 9.17) is 21.1 Å². The Bertz CT molecular complexity index is 1100. The number of carbonyl (C=O) groups is 1. The first kappa shape index (κ1) is 24.8. The van der Waals surface area contributed by atoms with Crippen LogP contribution in [0.5, 0.6) is 5.75 Å². The first-order valence-electron chi connectivity index (χ1n) is 12.0. The van der Waals surface area contributed by atoms with Gasteiger partial charge in [-0.1, -0.05) is 23.7 Å². The van der Waals surface area contributed by atoms with Crippen LogP contribution in [-0.2, 0) is 15.1 Å². The van der Waals surface area contributed by atoms with Crippen molar-refractivity contribution in [2.75, 3.05) is 27.2 Å². The molecule has 1 aromatic carbocycles. The molecule has 35 heavy (non-hydrogen) atoms. The third-order valence-electron chi connectivity index (χ3n) is 7.71. The number of quaternary nitrogens is 1. The Kier molecular flexibility index (Phi) is 6.98. The van der Waals surface area contributed by atoms with Gasteiger partial charge in [0, 0.05) is 33.0 Å². The van der Waals surface area contributed by atoms with Crippen LogP contribution in [-0.4, -0.2) is 49.8 Å². The summed E-state index contributed by atoms with van der Waals surface area (Å²) in [5, 5.41) is 18.4. The van der Waals surface area contributed by atoms with Crippen LogP contribution in [0.4, 0.5) is 0 Å². The van der Waals surface area contributed by atoms with E-state index < -0.39 is 11.6 Å². The van der Waals surface area contributed by atoms with Crippen molar-refractivity contribution < 1.29 is 23.9 Å². The first-order valence-corrected chi connectivity index (χ1v) is 14.1. The summed E-state index contributed by atoms with van der Waals surface area (Å²) in [5.74, 6) is 0.703. The molecule has 5 nitrogen and oxygen atoms in total. The molecule has 3 aromatic rings. The molecule has 0 spiro atoms. The van der Waals surface area contributed by atoms with Gasteiger partial charge >= 0.3 is 5.97 Å². The Morgan fingerprint density at radius 2 is 1.74 bits per heavy atom. The van der Waals surface area contributed by atoms with Gasteiger partial charge in [0.25, 0.3) is 0 Å². The Balaban J connectivity index is 1.26. The van der Waals surface area contributed by atoms with E-state index in [0.717, 1.165) is 36.0 Å². The lowest BCUT2D eigenvalue weighted by molar-refractivity contribution is -0.918. The maximum Gasteiger partial charge on any atom is 0.306 e. The zero-order valence-corrected chi connectivity index (χ0v) is 22.3. The van der Waals surface area contributed by atoms with E-state index in [1.165, 1.54) is 22.7 Å². The zero-order chi connectivity index (χ0) is 24.6. The fourth-order valence-corrected chi connectivity index (χ4v) is 7.63. The van der Waals surface area contributed by atoms with Crippen LogP contribution in [0, 0.1) is 11.8 Å². The van der Waals surface area contributed by atoms with Gasteiger partial charge in [-0.15, -0.1) is 22.7 Å². The van der Waals surface area contributed by atoms with E-state index in [-0.39, 0.29) is 12.0 Å². The molecule has 2 aliphatic rings. The van der Waals surface area contributed by atoms with Gasteiger partial charge in [0.15, 0.2) is 0 Å². The molecule has 2 aliphatic carbocycles. The number of hydrogen-bond donors (Lipinski definition) is 0. The number of ether oxygens (including phenoxy) is 2. The summed E-state index contributed by atoms with van der Waals surface area (Å²) in [4.78, 5) is 14.5. The van der Waals surface area contributed by atoms with Crippen molar-refractivity contribution in [3.8, 4) is 5.75 Å². The van der Waals surface area contributed by atoms with Gasteiger partial charge in [-0.25, -0.2) is 0 Å². The number of hydrogen-bond acceptors (Lipinski definition) is 6. The van der Waals surface area contributed by atoms with Gasteiger partial charge in [0.05, 0.1) is 25.7 Å². The average Bonchev–Trinajstić information content (AvgIpc) is 3.65. The first-order chi connectivity index (χ1) is 16.8. The molecule has 0 saturated heterocycles. The lowest BCUT2D eigenvalue weighted by atomic mass is 9.93. The number of rotatable bonds is 9. The van der Waals surface area contributed by atoms with Gasteiger partial charge in [0.2, 0.25) is 0 Å². The van der Waals surface area contributed by atoms with Crippen LogP contribution in [0.25, 0.3) is 0 Å². The Hall–Kier alpha value is -1.90. The van der Waals surface area contributed by atoms with Crippen molar-refractivity contribution in [3.05, 3.63) is 74.1 Å². The predicted molar refractivity (Wildman–Crippen MR) is 138 cm³/mol. The molecule has 2 bridgehead atoms. The molecule has 186 valence electrons. The average molecular weight is 532 g/mol. The SMILES string of the molecule is C[N+](C)(CCOc1ccc(Cl)cc1)[C@H]1CC2CCC1C2OC(=O)C([O-])(c1cccs1)c1cccs1. The molecule has 0 amide bonds. The van der Waals surface area contributed by atoms with E-state index in [1.54, 1.807) is 12.1 Å². The maximum atomic E-state index is 14.0. The Labute approximate surface area is 219 Å². The fourth-order valence-electron chi connectivity index (χ4n) is 5.80. The van der Waals surface area contributed by atoms with Crippen molar-refractivity contribution in [3.63, 3.8) is 0 Å². The summed E-state index contributed by atoms with van der Waals surface area (Å²) in [7, 11) is 4.45. The minimum absolute atomic E-state index is 0.199. The van der Waals surface area contributed by atoms with Crippen molar-refractivity contribution in [2.45, 2.75) is 37.0 Å². The lowest BCUT2D eigenvalue weighted by Gasteiger charge is -2.41. The van der Waals surface area contributed by atoms with Crippen LogP contribution in [0.2, 0.25) is 5.02 Å². The molecule has 5 rings (SSSR count). The summed E-state index contributed by atoms with van der Waals surface area (Å²) < 4.78 is 12.9. The maximum absolute atomic E-state index is 14.0. The van der Waals surface area contributed by atoms with Crippen LogP contribution >= 0.6 is 34.3 Å². The number of fused-ring (bicyclic) bond motifs is 2. The highest BCUT2D eigenvalue weighted by Gasteiger charge is 2.56. The number of likely N-dealkylation sites (N-methyl/N-ethyl adjacent to an activating group) is 1. The third kappa shape index (κ3) is 4.77. The van der Waals surface area contributed by atoms with Crippen LogP contribution < -0.4 is 9.84 Å². The highest BCUT2D eigenvalue weighted by atomic mass is 35.5. The molecule has 2 heterocycles. The second kappa shape index (κ2) is 9.87. The van der Waals surface area contributed by atoms with E-state index in [0.29, 0.717) is 33.3 Å². The molecule has 0 aliphatic heterocycles. The highest BCUT2D eigenvalue weighted by molar-refractivity contribution is 7.12. The van der Waals surface area contributed by atoms with Crippen LogP contribution in [0.3, 0.4) is 0 Å². The summed E-state index contributed by atoms with van der Waals surface area (Å²) >= 11 is 8.59. The second-order valence-corrected chi connectivity index (χ2v) is 12.4. The van der Waals surface area contributed by atoms with Crippen molar-refractivity contribution in [2.24, 2.45) is 11.8 Å². The summed E-state index contributed by atoms with van der Waals surface area (Å²) in [6.07, 6.45) is 2.87. The molecule has 2 aromatic heterocycles. The Morgan fingerprint density at radius 3 is 2.34 bits per heavy atom. The largest absolute Gasteiger partial charge is 0.833 e. The van der Waals surface area contributed by atoms with Crippen molar-refractivity contribution >= 4 is 40.2 Å². The number of carbonyl (C=O) groups excluding carboxylic acids is 1. The van der Waals surface area contributed by atoms with Gasteiger partial charge < -0.3 is 19.1 Å². The number of esters is 1. The van der Waals surface area contributed by atoms with Gasteiger partial charge in [-0.05, 0) is 60.0 Å². The summed E-state index contributed by atoms with van der Waals surface area (Å²) in [5.41, 5.74) is -2.00. The molecule has 8 heteroatoms. The second-order valence-electron chi connectivity index (χ2n) is 10.1. The number of thiophene rings is 2. The number of halogens is 1. The van der Waals surface area contributed by atoms with E-state index in [9.17, 15) is 9.90 Å². The molecule has 4 atom stereocenters. The van der Waals surface area contributed by atoms with Crippen molar-refractivity contribution in [1.29, 1.82) is 0 Å². The lowest BCUT2D eigenvalue weighted by Crippen LogP contribution is -2.54. The van der Waals surface area contributed by atoms with E-state index >= 15 is 0 Å². The minimum Gasteiger partial charge on any atom is -0.833 e. The van der Waals surface area contributed by atoms with Crippen LogP contribution in [0.15, 0.2) is 59.3 Å². The normalized spacial score (nSPS) is 24.0. The smallest absolute Gasteiger partial charge is 0.306 e. The molecule has 3 unspecified atom stereocenters. The quantitative estimate of drug-likeness (QED) is 0.290. The fraction of sp³-hybridized carbons (Fsp3) is 0.444. The van der Waals surface area contributed by atoms with E-state index in [2.05, 4.69) is 14.1 Å². The monoisotopic (exact) mass is 531 g/mol. The topological polar surface area (TPSA) is 58.6 Å². The Morgan fingerprint density at radius 1 is 1.09 bits per heavy atom. The summed E-state index contributed by atoms with van der Waals surface area (Å²) in [6, 6.07) is 14.9. The zero-order valence-electron chi connectivity index (χ0n) is 19.9. The van der Waals surface area contributed by atoms with Crippen LogP contribution in [0.1, 0.15) is 29.0 Å². The molecule has 2 fully saturated rings. The number of nitrogens with zero attached hydrogens (tertiary/aromatic N) is 1. The molecule has 2 saturated carbocycles. The highest BCUT2D eigenvalue weighted by Crippen LogP contribution is 2.50. The van der Waals surface area contributed by atoms with Gasteiger partial charge in [-0.2, -0.15) is 0 Å². The van der Waals surface area contributed by atoms with Gasteiger partial charge in [0.1, 0.15) is 25.0 Å². The molecular weight excluding hydrogens is 502 g/mol. The molecule has 0 radical (unpaired) electrons. The molecular formula is C27H30ClNO4S2. The molecule has 0 N–H and O–H groups in total. The number of benzene rings is 1. The van der Waals surface area contributed by atoms with E-state index in [1.807, 2.05) is 47.2 Å². The minimum atomic E-state index is -2.00. The predicted octanol–water partition coefficient (Wildman–Crippen LogP) is 4.93.